The van der Waals surface area contributed by atoms with Crippen molar-refractivity contribution in [1.29, 1.82) is 0 Å². The monoisotopic (exact) mass is 329 g/mol. The Hall–Kier alpha value is -1.78. The zero-order valence-electron chi connectivity index (χ0n) is 13.2. The SMILES string of the molecule is COc1ccc(C(=O)C(c2ccccc2)[S+]2CCOCC2)cc1. The van der Waals surface area contributed by atoms with Crippen molar-refractivity contribution in [2.45, 2.75) is 5.25 Å². The van der Waals surface area contributed by atoms with E-state index in [0.717, 1.165) is 41.6 Å². The van der Waals surface area contributed by atoms with Crippen LogP contribution < -0.4 is 4.74 Å². The number of Topliss-reactive ketones (excluding diaryl/α,β-unsaturated/α-hetero) is 1. The molecule has 4 heteroatoms. The molecule has 23 heavy (non-hydrogen) atoms. The van der Waals surface area contributed by atoms with Crippen LogP contribution in [-0.2, 0) is 15.6 Å². The van der Waals surface area contributed by atoms with Gasteiger partial charge in [-0.05, 0) is 24.3 Å². The maximum atomic E-state index is 13.2. The molecule has 0 aromatic heterocycles. The Bertz CT molecular complexity index is 633. The second-order valence-electron chi connectivity index (χ2n) is 5.44. The van der Waals surface area contributed by atoms with Crippen LogP contribution in [0.15, 0.2) is 54.6 Å². The first-order valence-corrected chi connectivity index (χ1v) is 9.39. The molecule has 1 saturated heterocycles. The van der Waals surface area contributed by atoms with E-state index in [9.17, 15) is 4.79 Å². The summed E-state index contributed by atoms with van der Waals surface area (Å²) in [6.45, 7) is 1.50. The molecule has 120 valence electrons. The van der Waals surface area contributed by atoms with E-state index in [1.165, 1.54) is 0 Å². The molecule has 0 radical (unpaired) electrons. The zero-order valence-corrected chi connectivity index (χ0v) is 14.1. The standard InChI is InChI=1S/C19H21O3S/c1-21-17-9-7-15(8-10-17)18(20)19(16-5-3-2-4-6-16)23-13-11-22-12-14-23/h2-10,19H,11-14H2,1H3/q+1. The van der Waals surface area contributed by atoms with Crippen molar-refractivity contribution in [2.24, 2.45) is 0 Å². The van der Waals surface area contributed by atoms with Crippen LogP contribution >= 0.6 is 0 Å². The minimum atomic E-state index is -0.0755. The van der Waals surface area contributed by atoms with Crippen molar-refractivity contribution in [3.63, 3.8) is 0 Å². The molecule has 1 heterocycles. The Morgan fingerprint density at radius 3 is 2.30 bits per heavy atom. The Balaban J connectivity index is 1.91. The van der Waals surface area contributed by atoms with Crippen LogP contribution in [0.1, 0.15) is 21.2 Å². The minimum absolute atomic E-state index is 0.0231. The van der Waals surface area contributed by atoms with Gasteiger partial charge >= 0.3 is 0 Å². The average Bonchev–Trinajstić information content (AvgIpc) is 2.64. The van der Waals surface area contributed by atoms with E-state index in [4.69, 9.17) is 9.47 Å². The van der Waals surface area contributed by atoms with Crippen LogP contribution in [0.25, 0.3) is 0 Å². The molecule has 2 aromatic carbocycles. The van der Waals surface area contributed by atoms with Crippen molar-refractivity contribution in [1.82, 2.24) is 0 Å². The average molecular weight is 329 g/mol. The summed E-state index contributed by atoms with van der Waals surface area (Å²) >= 11 is 0. The van der Waals surface area contributed by atoms with E-state index < -0.39 is 0 Å². The number of ether oxygens (including phenoxy) is 2. The number of hydrogen-bond donors (Lipinski definition) is 0. The molecule has 1 fully saturated rings. The zero-order chi connectivity index (χ0) is 16.1. The molecule has 3 nitrogen and oxygen atoms in total. The highest BCUT2D eigenvalue weighted by molar-refractivity contribution is 7.97. The summed E-state index contributed by atoms with van der Waals surface area (Å²) in [6, 6.07) is 17.6. The van der Waals surface area contributed by atoms with Crippen molar-refractivity contribution in [2.75, 3.05) is 31.8 Å². The maximum absolute atomic E-state index is 13.2. The fourth-order valence-corrected chi connectivity index (χ4v) is 5.12. The van der Waals surface area contributed by atoms with Gasteiger partial charge in [0.15, 0.2) is 0 Å². The first kappa shape index (κ1) is 16.1. The smallest absolute Gasteiger partial charge is 0.219 e. The topological polar surface area (TPSA) is 35.5 Å². The Kier molecular flexibility index (Phi) is 5.36. The normalized spacial score (nSPS) is 16.7. The van der Waals surface area contributed by atoms with Crippen LogP contribution in [0.2, 0.25) is 0 Å². The fourth-order valence-electron chi connectivity index (χ4n) is 2.80. The summed E-state index contributed by atoms with van der Waals surface area (Å²) < 4.78 is 10.7. The number of hydrogen-bond acceptors (Lipinski definition) is 3. The Morgan fingerprint density at radius 1 is 1.04 bits per heavy atom. The lowest BCUT2D eigenvalue weighted by molar-refractivity contribution is 0.0986. The third-order valence-corrected chi connectivity index (χ3v) is 6.56. The van der Waals surface area contributed by atoms with Gasteiger partial charge in [0.1, 0.15) is 17.3 Å². The molecular formula is C19H21O3S+. The van der Waals surface area contributed by atoms with Crippen molar-refractivity contribution < 1.29 is 14.3 Å². The van der Waals surface area contributed by atoms with Gasteiger partial charge in [0.05, 0.1) is 20.3 Å². The molecule has 2 aromatic rings. The van der Waals surface area contributed by atoms with E-state index in [-0.39, 0.29) is 21.9 Å². The highest BCUT2D eigenvalue weighted by atomic mass is 32.2. The molecule has 0 amide bonds. The van der Waals surface area contributed by atoms with Gasteiger partial charge in [0.25, 0.3) is 0 Å². The predicted octanol–water partition coefficient (Wildman–Crippen LogP) is 3.27. The highest BCUT2D eigenvalue weighted by Crippen LogP contribution is 2.31. The molecule has 1 atom stereocenters. The number of carbonyl (C=O) groups excluding carboxylic acids is 1. The van der Waals surface area contributed by atoms with Gasteiger partial charge < -0.3 is 9.47 Å². The predicted molar refractivity (Wildman–Crippen MR) is 94.4 cm³/mol. The van der Waals surface area contributed by atoms with E-state index in [0.29, 0.717) is 0 Å². The molecule has 1 aliphatic heterocycles. The van der Waals surface area contributed by atoms with Gasteiger partial charge in [-0.3, -0.25) is 4.79 Å². The first-order valence-electron chi connectivity index (χ1n) is 7.77. The molecular weight excluding hydrogens is 308 g/mol. The van der Waals surface area contributed by atoms with Gasteiger partial charge in [-0.25, -0.2) is 0 Å². The summed E-state index contributed by atoms with van der Waals surface area (Å²) in [5.41, 5.74) is 1.86. The van der Waals surface area contributed by atoms with Gasteiger partial charge in [0, 0.05) is 22.0 Å². The molecule has 3 rings (SSSR count). The largest absolute Gasteiger partial charge is 0.497 e. The molecule has 0 aliphatic carbocycles. The molecule has 0 bridgehead atoms. The lowest BCUT2D eigenvalue weighted by Crippen LogP contribution is -2.34. The van der Waals surface area contributed by atoms with Gasteiger partial charge in [-0.2, -0.15) is 0 Å². The van der Waals surface area contributed by atoms with E-state index in [2.05, 4.69) is 12.1 Å². The van der Waals surface area contributed by atoms with Gasteiger partial charge in [-0.15, -0.1) is 0 Å². The van der Waals surface area contributed by atoms with Gasteiger partial charge in [0.2, 0.25) is 11.0 Å². The summed E-state index contributed by atoms with van der Waals surface area (Å²) in [5, 5.41) is -0.0755. The Morgan fingerprint density at radius 2 is 1.70 bits per heavy atom. The second-order valence-corrected chi connectivity index (χ2v) is 7.80. The lowest BCUT2D eigenvalue weighted by atomic mass is 10.0. The lowest BCUT2D eigenvalue weighted by Gasteiger charge is -2.22. The van der Waals surface area contributed by atoms with Crippen LogP contribution in [0.4, 0.5) is 0 Å². The summed E-state index contributed by atoms with van der Waals surface area (Å²) in [6.07, 6.45) is 0. The number of rotatable bonds is 5. The quantitative estimate of drug-likeness (QED) is 0.624. The number of methoxy groups -OCH3 is 1. The Labute approximate surface area is 140 Å². The third kappa shape index (κ3) is 3.77. The van der Waals surface area contributed by atoms with Crippen LogP contribution in [-0.4, -0.2) is 37.6 Å². The van der Waals surface area contributed by atoms with E-state index >= 15 is 0 Å². The van der Waals surface area contributed by atoms with Crippen LogP contribution in [0.3, 0.4) is 0 Å². The van der Waals surface area contributed by atoms with Crippen molar-refractivity contribution in [3.05, 3.63) is 65.7 Å². The molecule has 0 spiro atoms. The van der Waals surface area contributed by atoms with Gasteiger partial charge in [-0.1, -0.05) is 30.3 Å². The highest BCUT2D eigenvalue weighted by Gasteiger charge is 2.39. The van der Waals surface area contributed by atoms with E-state index in [1.807, 2.05) is 42.5 Å². The number of ketones is 1. The number of carbonyl (C=O) groups is 1. The van der Waals surface area contributed by atoms with E-state index in [1.54, 1.807) is 7.11 Å². The summed E-state index contributed by atoms with van der Waals surface area (Å²) in [7, 11) is 1.66. The second kappa shape index (κ2) is 7.66. The van der Waals surface area contributed by atoms with Crippen molar-refractivity contribution >= 4 is 16.7 Å². The first-order chi connectivity index (χ1) is 11.3. The summed E-state index contributed by atoms with van der Waals surface area (Å²) in [4.78, 5) is 13.2. The molecule has 0 N–H and O–H groups in total. The number of benzene rings is 2. The minimum Gasteiger partial charge on any atom is -0.497 e. The van der Waals surface area contributed by atoms with Crippen LogP contribution in [0.5, 0.6) is 5.75 Å². The third-order valence-electron chi connectivity index (χ3n) is 4.03. The van der Waals surface area contributed by atoms with Crippen molar-refractivity contribution in [3.8, 4) is 5.75 Å². The maximum Gasteiger partial charge on any atom is 0.219 e. The molecule has 1 unspecified atom stereocenters. The molecule has 1 aliphatic rings. The molecule has 0 saturated carbocycles. The summed E-state index contributed by atoms with van der Waals surface area (Å²) in [5.74, 6) is 2.89. The van der Waals surface area contributed by atoms with Crippen LogP contribution in [0, 0.1) is 0 Å². The fraction of sp³-hybridized carbons (Fsp3) is 0.316.